The Morgan fingerprint density at radius 3 is 1.95 bits per heavy atom. The molecule has 0 radical (unpaired) electrons. The molecule has 0 atom stereocenters. The number of nitrogens with zero attached hydrogens (tertiary/aromatic N) is 2. The zero-order valence-electron chi connectivity index (χ0n) is 31.1. The van der Waals surface area contributed by atoms with Gasteiger partial charge in [0.05, 0.1) is 11.4 Å². The van der Waals surface area contributed by atoms with Gasteiger partial charge in [-0.05, 0) is 97.7 Å². The van der Waals surface area contributed by atoms with E-state index in [1.165, 1.54) is 38.6 Å². The predicted octanol–water partition coefficient (Wildman–Crippen LogP) is 14.2. The van der Waals surface area contributed by atoms with Crippen LogP contribution in [0.1, 0.15) is 25.0 Å². The summed E-state index contributed by atoms with van der Waals surface area (Å²) < 4.78 is 6.24. The Morgan fingerprint density at radius 1 is 0.393 bits per heavy atom. The molecule has 1 aliphatic rings. The maximum absolute atomic E-state index is 6.24. The SMILES string of the molecule is CC1(C)c2ccccc2-c2c(-c3cc(-c4cc(-c5ccc6oc7ccccc7c6c5)cc(-c5cccc6ccccc56)c4)nc(-c4ccccc4)n3)cccc21. The summed E-state index contributed by atoms with van der Waals surface area (Å²) >= 11 is 0. The van der Waals surface area contributed by atoms with Crippen molar-refractivity contribution < 1.29 is 4.42 Å². The molecule has 0 amide bonds. The van der Waals surface area contributed by atoms with Gasteiger partial charge in [-0.1, -0.05) is 153 Å². The minimum atomic E-state index is -0.122. The number of rotatable bonds is 5. The highest BCUT2D eigenvalue weighted by atomic mass is 16.3. The highest BCUT2D eigenvalue weighted by Crippen LogP contribution is 2.52. The molecule has 0 aliphatic heterocycles. The van der Waals surface area contributed by atoms with Crippen LogP contribution in [-0.4, -0.2) is 9.97 Å². The van der Waals surface area contributed by atoms with Crippen molar-refractivity contribution in [1.82, 2.24) is 9.97 Å². The molecule has 0 fully saturated rings. The molecule has 1 aliphatic carbocycles. The first-order valence-electron chi connectivity index (χ1n) is 19.2. The van der Waals surface area contributed by atoms with Gasteiger partial charge in [0.25, 0.3) is 0 Å². The van der Waals surface area contributed by atoms with Crippen molar-refractivity contribution in [2.24, 2.45) is 0 Å². The lowest BCUT2D eigenvalue weighted by molar-refractivity contribution is 0.660. The summed E-state index contributed by atoms with van der Waals surface area (Å²) in [5.41, 5.74) is 16.3. The van der Waals surface area contributed by atoms with E-state index < -0.39 is 0 Å². The first-order chi connectivity index (χ1) is 27.5. The standard InChI is InChI=1S/C53H36N2O/c1-53(2)45-23-10-8-20-42(45)51-43(22-13-24-46(51)53)48-32-47(54-52(55-48)34-15-4-3-5-16-34)38-29-36(28-37(30-38)40-21-12-17-33-14-6-7-18-39(33)40)35-26-27-50-44(31-35)41-19-9-11-25-49(41)56-50/h3-32H,1-2H3. The Hall–Kier alpha value is -7.10. The van der Waals surface area contributed by atoms with Crippen LogP contribution in [0.2, 0.25) is 0 Å². The van der Waals surface area contributed by atoms with Gasteiger partial charge in [0.2, 0.25) is 0 Å². The van der Waals surface area contributed by atoms with Gasteiger partial charge in [-0.25, -0.2) is 9.97 Å². The lowest BCUT2D eigenvalue weighted by Gasteiger charge is -2.21. The van der Waals surface area contributed by atoms with Crippen LogP contribution in [0.15, 0.2) is 186 Å². The molecule has 0 unspecified atom stereocenters. The molecule has 0 saturated heterocycles. The van der Waals surface area contributed by atoms with E-state index in [9.17, 15) is 0 Å². The van der Waals surface area contributed by atoms with Crippen molar-refractivity contribution in [3.8, 4) is 67.3 Å². The van der Waals surface area contributed by atoms with Crippen molar-refractivity contribution in [2.75, 3.05) is 0 Å². The zero-order valence-corrected chi connectivity index (χ0v) is 31.1. The number of fused-ring (bicyclic) bond motifs is 7. The van der Waals surface area contributed by atoms with E-state index in [1.54, 1.807) is 0 Å². The van der Waals surface area contributed by atoms with E-state index in [2.05, 4.69) is 178 Å². The van der Waals surface area contributed by atoms with Crippen molar-refractivity contribution >= 4 is 32.7 Å². The van der Waals surface area contributed by atoms with Crippen LogP contribution < -0.4 is 0 Å². The van der Waals surface area contributed by atoms with Crippen molar-refractivity contribution in [3.63, 3.8) is 0 Å². The summed E-state index contributed by atoms with van der Waals surface area (Å²) in [4.78, 5) is 10.7. The maximum atomic E-state index is 6.24. The summed E-state index contributed by atoms with van der Waals surface area (Å²) in [5, 5.41) is 4.64. The molecule has 3 heteroatoms. The molecule has 264 valence electrons. The Kier molecular flexibility index (Phi) is 7.20. The van der Waals surface area contributed by atoms with E-state index in [0.717, 1.165) is 66.7 Å². The number of para-hydroxylation sites is 1. The van der Waals surface area contributed by atoms with Crippen LogP contribution >= 0.6 is 0 Å². The number of hydrogen-bond acceptors (Lipinski definition) is 3. The Labute approximate surface area is 325 Å². The third-order valence-electron chi connectivity index (χ3n) is 11.7. The number of benzene rings is 8. The van der Waals surface area contributed by atoms with E-state index in [1.807, 2.05) is 18.2 Å². The van der Waals surface area contributed by atoms with Gasteiger partial charge in [-0.2, -0.15) is 0 Å². The predicted molar refractivity (Wildman–Crippen MR) is 232 cm³/mol. The van der Waals surface area contributed by atoms with E-state index in [0.29, 0.717) is 5.82 Å². The molecule has 11 rings (SSSR count). The van der Waals surface area contributed by atoms with Crippen LogP contribution in [-0.2, 0) is 5.41 Å². The van der Waals surface area contributed by atoms with Gasteiger partial charge in [-0.3, -0.25) is 0 Å². The van der Waals surface area contributed by atoms with Crippen LogP contribution in [0.4, 0.5) is 0 Å². The second-order valence-corrected chi connectivity index (χ2v) is 15.4. The number of furan rings is 1. The van der Waals surface area contributed by atoms with Gasteiger partial charge in [0, 0.05) is 32.9 Å². The average molecular weight is 717 g/mol. The fourth-order valence-corrected chi connectivity index (χ4v) is 8.90. The third kappa shape index (κ3) is 5.12. The topological polar surface area (TPSA) is 38.9 Å². The van der Waals surface area contributed by atoms with Gasteiger partial charge in [-0.15, -0.1) is 0 Å². The van der Waals surface area contributed by atoms with E-state index >= 15 is 0 Å². The summed E-state index contributed by atoms with van der Waals surface area (Å²) in [7, 11) is 0. The molecule has 8 aromatic carbocycles. The lowest BCUT2D eigenvalue weighted by Crippen LogP contribution is -2.14. The van der Waals surface area contributed by atoms with Crippen molar-refractivity contribution in [3.05, 3.63) is 193 Å². The lowest BCUT2D eigenvalue weighted by atomic mass is 9.82. The van der Waals surface area contributed by atoms with Crippen LogP contribution in [0.3, 0.4) is 0 Å². The average Bonchev–Trinajstić information content (AvgIpc) is 3.75. The first-order valence-corrected chi connectivity index (χ1v) is 19.2. The van der Waals surface area contributed by atoms with Crippen LogP contribution in [0, 0.1) is 0 Å². The third-order valence-corrected chi connectivity index (χ3v) is 11.7. The summed E-state index contributed by atoms with van der Waals surface area (Å²) in [5.74, 6) is 0.699. The summed E-state index contributed by atoms with van der Waals surface area (Å²) in [6.45, 7) is 4.65. The minimum Gasteiger partial charge on any atom is -0.456 e. The monoisotopic (exact) mass is 716 g/mol. The molecular weight excluding hydrogens is 681 g/mol. The molecule has 0 spiro atoms. The molecule has 10 aromatic rings. The minimum absolute atomic E-state index is 0.122. The molecule has 0 bridgehead atoms. The van der Waals surface area contributed by atoms with Gasteiger partial charge < -0.3 is 4.42 Å². The molecule has 3 nitrogen and oxygen atoms in total. The largest absolute Gasteiger partial charge is 0.456 e. The number of aromatic nitrogens is 2. The van der Waals surface area contributed by atoms with Gasteiger partial charge in [0.1, 0.15) is 11.2 Å². The van der Waals surface area contributed by atoms with Gasteiger partial charge >= 0.3 is 0 Å². The van der Waals surface area contributed by atoms with Crippen molar-refractivity contribution in [1.29, 1.82) is 0 Å². The molecule has 56 heavy (non-hydrogen) atoms. The summed E-state index contributed by atoms with van der Waals surface area (Å²) in [6.07, 6.45) is 0. The van der Waals surface area contributed by atoms with Gasteiger partial charge in [0.15, 0.2) is 5.82 Å². The Morgan fingerprint density at radius 2 is 1.04 bits per heavy atom. The van der Waals surface area contributed by atoms with Crippen LogP contribution in [0.5, 0.6) is 0 Å². The molecule has 0 saturated carbocycles. The quantitative estimate of drug-likeness (QED) is 0.178. The molecule has 2 aromatic heterocycles. The fraction of sp³-hybridized carbons (Fsp3) is 0.0566. The maximum Gasteiger partial charge on any atom is 0.160 e. The second-order valence-electron chi connectivity index (χ2n) is 15.4. The smallest absolute Gasteiger partial charge is 0.160 e. The Bertz CT molecular complexity index is 3170. The second kappa shape index (κ2) is 12.5. The molecular formula is C53H36N2O. The molecule has 0 N–H and O–H groups in total. The first kappa shape index (κ1) is 32.3. The Balaban J connectivity index is 1.17. The highest BCUT2D eigenvalue weighted by molar-refractivity contribution is 6.06. The van der Waals surface area contributed by atoms with Crippen molar-refractivity contribution in [2.45, 2.75) is 19.3 Å². The molecule has 2 heterocycles. The fourth-order valence-electron chi connectivity index (χ4n) is 8.90. The summed E-state index contributed by atoms with van der Waals surface area (Å²) in [6, 6.07) is 64.9. The van der Waals surface area contributed by atoms with E-state index in [4.69, 9.17) is 14.4 Å². The zero-order chi connectivity index (χ0) is 37.4. The van der Waals surface area contributed by atoms with E-state index in [-0.39, 0.29) is 5.41 Å². The highest BCUT2D eigenvalue weighted by Gasteiger charge is 2.36. The normalized spacial score (nSPS) is 13.0. The van der Waals surface area contributed by atoms with Crippen LogP contribution in [0.25, 0.3) is 100.0 Å². The number of hydrogen-bond donors (Lipinski definition) is 0.